The third kappa shape index (κ3) is 6.99. The Morgan fingerprint density at radius 3 is 2.33 bits per heavy atom. The summed E-state index contributed by atoms with van der Waals surface area (Å²) in [7, 11) is 0. The number of hydrogen-bond acceptors (Lipinski definition) is 4. The minimum atomic E-state index is -4.44. The Hall–Kier alpha value is -2.09. The second-order valence-electron chi connectivity index (χ2n) is 5.10. The van der Waals surface area contributed by atoms with E-state index in [1.165, 1.54) is 0 Å². The Bertz CT molecular complexity index is 555. The van der Waals surface area contributed by atoms with Crippen LogP contribution >= 0.6 is 0 Å². The summed E-state index contributed by atoms with van der Waals surface area (Å²) in [5.74, 6) is -0.598. The highest BCUT2D eigenvalue weighted by atomic mass is 19.4. The van der Waals surface area contributed by atoms with Gasteiger partial charge in [-0.15, -0.1) is 0 Å². The van der Waals surface area contributed by atoms with Crippen LogP contribution in [0.15, 0.2) is 29.3 Å². The monoisotopic (exact) mass is 346 g/mol. The number of carbonyl (C=O) groups excluding carboxylic acids is 1. The first-order chi connectivity index (χ1) is 11.2. The van der Waals surface area contributed by atoms with Crippen LogP contribution in [0, 0.1) is 0 Å². The summed E-state index contributed by atoms with van der Waals surface area (Å²) in [6.07, 6.45) is -4.44. The Morgan fingerprint density at radius 1 is 1.21 bits per heavy atom. The lowest BCUT2D eigenvalue weighted by atomic mass is 10.1. The molecule has 134 valence electrons. The van der Waals surface area contributed by atoms with Crippen molar-refractivity contribution in [1.29, 1.82) is 0 Å². The lowest BCUT2D eigenvalue weighted by molar-refractivity contribution is -0.137. The summed E-state index contributed by atoms with van der Waals surface area (Å²) >= 11 is 0. The van der Waals surface area contributed by atoms with Crippen LogP contribution in [-0.4, -0.2) is 37.8 Å². The molecule has 5 nitrogen and oxygen atoms in total. The van der Waals surface area contributed by atoms with Gasteiger partial charge in [-0.1, -0.05) is 0 Å². The molecular weight excluding hydrogens is 325 g/mol. The molecule has 1 aromatic rings. The molecule has 0 unspecified atom stereocenters. The van der Waals surface area contributed by atoms with Crippen molar-refractivity contribution < 1.29 is 27.4 Å². The number of amidine groups is 1. The molecule has 0 aliphatic carbocycles. The van der Waals surface area contributed by atoms with Crippen molar-refractivity contribution in [3.05, 3.63) is 35.4 Å². The highest BCUT2D eigenvalue weighted by Crippen LogP contribution is 2.29. The molecule has 0 atom stereocenters. The smallest absolute Gasteiger partial charge is 0.416 e. The lowest BCUT2D eigenvalue weighted by Crippen LogP contribution is -2.34. The van der Waals surface area contributed by atoms with E-state index in [9.17, 15) is 18.0 Å². The van der Waals surface area contributed by atoms with E-state index < -0.39 is 17.6 Å². The van der Waals surface area contributed by atoms with Crippen LogP contribution in [0.1, 0.15) is 36.7 Å². The maximum Gasteiger partial charge on any atom is 0.416 e. The summed E-state index contributed by atoms with van der Waals surface area (Å²) < 4.78 is 48.0. The molecule has 0 aromatic heterocycles. The van der Waals surface area contributed by atoms with E-state index in [1.54, 1.807) is 13.8 Å². The third-order valence-electron chi connectivity index (χ3n) is 2.74. The number of nitrogens with zero attached hydrogens (tertiary/aromatic N) is 1. The van der Waals surface area contributed by atoms with Gasteiger partial charge in [-0.3, -0.25) is 10.1 Å². The molecule has 24 heavy (non-hydrogen) atoms. The average molecular weight is 346 g/mol. The van der Waals surface area contributed by atoms with Gasteiger partial charge in [0.25, 0.3) is 11.9 Å². The number of carbonyl (C=O) groups is 1. The number of rotatable bonds is 6. The molecule has 0 aliphatic heterocycles. The topological polar surface area (TPSA) is 59.9 Å². The molecule has 0 fully saturated rings. The number of benzene rings is 1. The van der Waals surface area contributed by atoms with Crippen molar-refractivity contribution in [2.75, 3.05) is 19.8 Å². The van der Waals surface area contributed by atoms with Gasteiger partial charge in [0.2, 0.25) is 0 Å². The van der Waals surface area contributed by atoms with E-state index in [1.807, 2.05) is 6.92 Å². The van der Waals surface area contributed by atoms with Crippen molar-refractivity contribution in [1.82, 2.24) is 5.32 Å². The van der Waals surface area contributed by atoms with E-state index in [-0.39, 0.29) is 24.2 Å². The molecule has 0 aliphatic rings. The average Bonchev–Trinajstić information content (AvgIpc) is 2.50. The summed E-state index contributed by atoms with van der Waals surface area (Å²) in [5, 5.41) is 2.45. The quantitative estimate of drug-likeness (QED) is 0.489. The molecular formula is C16H21F3N2O3. The minimum Gasteiger partial charge on any atom is -0.463 e. The number of hydrogen-bond donors (Lipinski definition) is 1. The van der Waals surface area contributed by atoms with Crippen molar-refractivity contribution in [3.8, 4) is 0 Å². The fraction of sp³-hybridized carbons (Fsp3) is 0.500. The molecule has 1 N–H and O–H groups in total. The second kappa shape index (κ2) is 9.27. The zero-order valence-corrected chi connectivity index (χ0v) is 13.8. The maximum absolute atomic E-state index is 12.5. The van der Waals surface area contributed by atoms with Crippen LogP contribution in [0.25, 0.3) is 0 Å². The molecule has 0 saturated carbocycles. The largest absolute Gasteiger partial charge is 0.463 e. The number of aliphatic imine (C=N–C) groups is 1. The first-order valence-corrected chi connectivity index (χ1v) is 7.51. The Labute approximate surface area is 138 Å². The second-order valence-corrected chi connectivity index (χ2v) is 5.10. The first kappa shape index (κ1) is 20.0. The predicted molar refractivity (Wildman–Crippen MR) is 83.9 cm³/mol. The van der Waals surface area contributed by atoms with Crippen LogP contribution in [0.3, 0.4) is 0 Å². The van der Waals surface area contributed by atoms with Gasteiger partial charge in [0, 0.05) is 18.2 Å². The minimum absolute atomic E-state index is 0.00889. The van der Waals surface area contributed by atoms with Gasteiger partial charge in [-0.25, -0.2) is 4.99 Å². The molecule has 0 heterocycles. The lowest BCUT2D eigenvalue weighted by Gasteiger charge is -2.12. The third-order valence-corrected chi connectivity index (χ3v) is 2.74. The number of nitrogens with one attached hydrogen (secondary N) is 1. The van der Waals surface area contributed by atoms with Crippen LogP contribution in [0.5, 0.6) is 0 Å². The van der Waals surface area contributed by atoms with Crippen molar-refractivity contribution in [3.63, 3.8) is 0 Å². The fourth-order valence-corrected chi connectivity index (χ4v) is 1.66. The van der Waals surface area contributed by atoms with E-state index in [4.69, 9.17) is 9.47 Å². The predicted octanol–water partition coefficient (Wildman–Crippen LogP) is 3.25. The Kier molecular flexibility index (Phi) is 7.70. The molecule has 8 heteroatoms. The number of ether oxygens (including phenoxy) is 2. The van der Waals surface area contributed by atoms with Gasteiger partial charge in [0.15, 0.2) is 0 Å². The molecule has 0 radical (unpaired) electrons. The number of alkyl halides is 3. The summed E-state index contributed by atoms with van der Waals surface area (Å²) in [5.41, 5.74) is -0.740. The van der Waals surface area contributed by atoms with Crippen LogP contribution < -0.4 is 5.32 Å². The molecule has 1 amide bonds. The van der Waals surface area contributed by atoms with Gasteiger partial charge < -0.3 is 9.47 Å². The molecule has 1 rings (SSSR count). The summed E-state index contributed by atoms with van der Waals surface area (Å²) in [6.45, 7) is 6.52. The van der Waals surface area contributed by atoms with E-state index in [0.29, 0.717) is 13.2 Å². The van der Waals surface area contributed by atoms with Crippen molar-refractivity contribution in [2.24, 2.45) is 4.99 Å². The highest BCUT2D eigenvalue weighted by molar-refractivity contribution is 6.04. The Morgan fingerprint density at radius 2 is 1.83 bits per heavy atom. The maximum atomic E-state index is 12.5. The highest BCUT2D eigenvalue weighted by Gasteiger charge is 2.30. The van der Waals surface area contributed by atoms with Crippen molar-refractivity contribution in [2.45, 2.75) is 33.0 Å². The number of halogens is 3. The normalized spacial score (nSPS) is 12.4. The van der Waals surface area contributed by atoms with Gasteiger partial charge in [0.05, 0.1) is 12.2 Å². The van der Waals surface area contributed by atoms with Gasteiger partial charge in [-0.2, -0.15) is 13.2 Å². The van der Waals surface area contributed by atoms with Crippen molar-refractivity contribution >= 4 is 11.9 Å². The first-order valence-electron chi connectivity index (χ1n) is 7.51. The summed E-state index contributed by atoms with van der Waals surface area (Å²) in [4.78, 5) is 16.2. The van der Waals surface area contributed by atoms with Crippen LogP contribution in [-0.2, 0) is 15.7 Å². The van der Waals surface area contributed by atoms with E-state index in [2.05, 4.69) is 10.3 Å². The zero-order chi connectivity index (χ0) is 18.2. The van der Waals surface area contributed by atoms with Gasteiger partial charge in [-0.05, 0) is 45.0 Å². The van der Waals surface area contributed by atoms with Crippen LogP contribution in [0.4, 0.5) is 13.2 Å². The molecule has 0 spiro atoms. The molecule has 0 bridgehead atoms. The van der Waals surface area contributed by atoms with Gasteiger partial charge in [0.1, 0.15) is 6.61 Å². The molecule has 0 saturated heterocycles. The number of amides is 1. The summed E-state index contributed by atoms with van der Waals surface area (Å²) in [6, 6.07) is 3.79. The molecule has 1 aromatic carbocycles. The van der Waals surface area contributed by atoms with E-state index in [0.717, 1.165) is 24.3 Å². The van der Waals surface area contributed by atoms with E-state index >= 15 is 0 Å². The zero-order valence-electron chi connectivity index (χ0n) is 13.8. The van der Waals surface area contributed by atoms with Gasteiger partial charge >= 0.3 is 6.18 Å². The van der Waals surface area contributed by atoms with Crippen LogP contribution in [0.2, 0.25) is 0 Å². The standard InChI is InChI=1S/C16H21F3N2O3/c1-4-23-9-10-24-15(20-11(2)3)21-14(22)12-5-7-13(8-6-12)16(17,18)19/h5-8,11H,4,9-10H2,1-3H3,(H,20,21,22). The Balaban J connectivity index is 2.73. The fourth-order valence-electron chi connectivity index (χ4n) is 1.66. The SMILES string of the molecule is CCOCCOC(=NC(C)C)NC(=O)c1ccc(C(F)(F)F)cc1.